The smallest absolute Gasteiger partial charge is 0.00674 e. The van der Waals surface area contributed by atoms with Crippen LogP contribution in [0.2, 0.25) is 0 Å². The van der Waals surface area contributed by atoms with Crippen LogP contribution >= 0.6 is 11.8 Å². The van der Waals surface area contributed by atoms with E-state index < -0.39 is 0 Å². The van der Waals surface area contributed by atoms with E-state index in [1.807, 2.05) is 11.8 Å². The van der Waals surface area contributed by atoms with Crippen LogP contribution in [0.3, 0.4) is 0 Å². The molecule has 0 aliphatic carbocycles. The molecule has 0 N–H and O–H groups in total. The summed E-state index contributed by atoms with van der Waals surface area (Å²) in [5.41, 5.74) is 0. The number of thioether (sulfide) groups is 1. The molecule has 0 aromatic carbocycles. The highest BCUT2D eigenvalue weighted by molar-refractivity contribution is 7.98. The zero-order valence-corrected chi connectivity index (χ0v) is 6.50. The Hall–Kier alpha value is 0.0900. The van der Waals surface area contributed by atoms with Crippen LogP contribution in [-0.4, -0.2) is 12.0 Å². The molecule has 0 bridgehead atoms. The largest absolute Gasteiger partial charge is 0.165 e. The molecule has 0 amide bonds. The molecule has 0 aliphatic heterocycles. The molecule has 0 aromatic rings. The first-order valence-corrected chi connectivity index (χ1v) is 4.41. The molecule has 0 saturated carbocycles. The summed E-state index contributed by atoms with van der Waals surface area (Å²) in [4.78, 5) is 0. The first-order chi connectivity index (χ1) is 3.91. The van der Waals surface area contributed by atoms with Crippen molar-refractivity contribution < 1.29 is 0 Å². The fourth-order valence-electron chi connectivity index (χ4n) is 0.512. The van der Waals surface area contributed by atoms with Gasteiger partial charge in [-0.2, -0.15) is 11.8 Å². The second-order valence-corrected chi connectivity index (χ2v) is 2.69. The summed E-state index contributed by atoms with van der Waals surface area (Å²) < 4.78 is 0. The normalized spacial score (nSPS) is 10.8. The van der Waals surface area contributed by atoms with Crippen LogP contribution in [0.4, 0.5) is 0 Å². The van der Waals surface area contributed by atoms with Gasteiger partial charge in [-0.3, -0.25) is 0 Å². The Bertz CT molecular complexity index is 57.4. The summed E-state index contributed by atoms with van der Waals surface area (Å²) in [6.07, 6.45) is 9.05. The Balaban J connectivity index is 2.72. The van der Waals surface area contributed by atoms with E-state index in [4.69, 9.17) is 0 Å². The van der Waals surface area contributed by atoms with Crippen LogP contribution in [0.15, 0.2) is 12.2 Å². The van der Waals surface area contributed by atoms with Gasteiger partial charge in [0.2, 0.25) is 0 Å². The van der Waals surface area contributed by atoms with Crippen LogP contribution in [-0.2, 0) is 0 Å². The van der Waals surface area contributed by atoms with Gasteiger partial charge in [0.05, 0.1) is 0 Å². The summed E-state index contributed by atoms with van der Waals surface area (Å²) in [6.45, 7) is 2.07. The fourth-order valence-corrected chi connectivity index (χ4v) is 0.968. The minimum absolute atomic E-state index is 1.25. The predicted octanol–water partition coefficient (Wildman–Crippen LogP) is 2.71. The molecule has 0 aliphatic rings. The van der Waals surface area contributed by atoms with E-state index in [1.54, 1.807) is 0 Å². The third-order valence-electron chi connectivity index (χ3n) is 0.955. The first-order valence-electron chi connectivity index (χ1n) is 3.02. The lowest BCUT2D eigenvalue weighted by molar-refractivity contribution is 0.971. The highest BCUT2D eigenvalue weighted by atomic mass is 32.2. The minimum atomic E-state index is 1.25. The van der Waals surface area contributed by atoms with Crippen molar-refractivity contribution in [2.75, 3.05) is 12.0 Å². The summed E-state index contributed by atoms with van der Waals surface area (Å²) in [7, 11) is 0. The Morgan fingerprint density at radius 3 is 2.75 bits per heavy atom. The average Bonchev–Trinajstić information content (AvgIpc) is 1.81. The van der Waals surface area contributed by atoms with Crippen LogP contribution < -0.4 is 0 Å². The second kappa shape index (κ2) is 7.09. The monoisotopic (exact) mass is 130 g/mol. The van der Waals surface area contributed by atoms with Crippen molar-refractivity contribution in [3.05, 3.63) is 12.2 Å². The van der Waals surface area contributed by atoms with E-state index in [0.29, 0.717) is 0 Å². The van der Waals surface area contributed by atoms with Crippen LogP contribution in [0.5, 0.6) is 0 Å². The standard InChI is InChI=1S/C7H14S/c1-3-4-5-6-7-8-2/h3-4H,5-7H2,1-2H3/b4-3+. The van der Waals surface area contributed by atoms with E-state index in [2.05, 4.69) is 25.3 Å². The molecule has 1 heteroatoms. The molecule has 0 saturated heterocycles. The van der Waals surface area contributed by atoms with Crippen molar-refractivity contribution in [3.63, 3.8) is 0 Å². The Kier molecular flexibility index (Phi) is 7.17. The quantitative estimate of drug-likeness (QED) is 0.416. The Labute approximate surface area is 56.4 Å². The van der Waals surface area contributed by atoms with Crippen molar-refractivity contribution in [1.29, 1.82) is 0 Å². The topological polar surface area (TPSA) is 0 Å². The fraction of sp³-hybridized carbons (Fsp3) is 0.714. The third kappa shape index (κ3) is 6.09. The first kappa shape index (κ1) is 8.09. The molecule has 0 fully saturated rings. The molecule has 0 nitrogen and oxygen atoms in total. The van der Waals surface area contributed by atoms with Crippen molar-refractivity contribution >= 4 is 11.8 Å². The molecular weight excluding hydrogens is 116 g/mol. The maximum absolute atomic E-state index is 2.22. The maximum Gasteiger partial charge on any atom is -0.00674 e. The summed E-state index contributed by atoms with van der Waals surface area (Å²) >= 11 is 1.92. The van der Waals surface area contributed by atoms with Gasteiger partial charge in [0, 0.05) is 0 Å². The summed E-state index contributed by atoms with van der Waals surface area (Å²) in [5.74, 6) is 1.30. The number of hydrogen-bond acceptors (Lipinski definition) is 1. The van der Waals surface area contributed by atoms with Crippen molar-refractivity contribution in [1.82, 2.24) is 0 Å². The zero-order valence-electron chi connectivity index (χ0n) is 5.68. The lowest BCUT2D eigenvalue weighted by atomic mass is 10.3. The molecule has 48 valence electrons. The third-order valence-corrected chi connectivity index (χ3v) is 1.65. The predicted molar refractivity (Wildman–Crippen MR) is 42.4 cm³/mol. The Morgan fingerprint density at radius 2 is 2.25 bits per heavy atom. The molecule has 0 heterocycles. The van der Waals surface area contributed by atoms with E-state index in [-0.39, 0.29) is 0 Å². The number of allylic oxidation sites excluding steroid dienone is 2. The molecule has 0 radical (unpaired) electrons. The molecule has 0 unspecified atom stereocenters. The molecule has 0 rings (SSSR count). The van der Waals surface area contributed by atoms with E-state index in [0.717, 1.165) is 0 Å². The van der Waals surface area contributed by atoms with Gasteiger partial charge in [0.1, 0.15) is 0 Å². The molecule has 0 spiro atoms. The van der Waals surface area contributed by atoms with Gasteiger partial charge in [0.15, 0.2) is 0 Å². The lowest BCUT2D eigenvalue weighted by Crippen LogP contribution is -1.73. The number of rotatable bonds is 4. The number of unbranched alkanes of at least 4 members (excludes halogenated alkanes) is 1. The van der Waals surface area contributed by atoms with Gasteiger partial charge < -0.3 is 0 Å². The van der Waals surface area contributed by atoms with Gasteiger partial charge in [-0.25, -0.2) is 0 Å². The maximum atomic E-state index is 2.22. The average molecular weight is 130 g/mol. The van der Waals surface area contributed by atoms with Crippen molar-refractivity contribution in [3.8, 4) is 0 Å². The van der Waals surface area contributed by atoms with E-state index in [9.17, 15) is 0 Å². The van der Waals surface area contributed by atoms with E-state index >= 15 is 0 Å². The summed E-state index contributed by atoms with van der Waals surface area (Å²) in [6, 6.07) is 0. The van der Waals surface area contributed by atoms with Crippen molar-refractivity contribution in [2.45, 2.75) is 19.8 Å². The van der Waals surface area contributed by atoms with Gasteiger partial charge in [0.25, 0.3) is 0 Å². The molecule has 0 aromatic heterocycles. The lowest BCUT2D eigenvalue weighted by Gasteiger charge is -1.89. The second-order valence-electron chi connectivity index (χ2n) is 1.70. The van der Waals surface area contributed by atoms with Gasteiger partial charge in [-0.05, 0) is 31.8 Å². The van der Waals surface area contributed by atoms with Crippen LogP contribution in [0.1, 0.15) is 19.8 Å². The van der Waals surface area contributed by atoms with Crippen molar-refractivity contribution in [2.24, 2.45) is 0 Å². The summed E-state index contributed by atoms with van der Waals surface area (Å²) in [5, 5.41) is 0. The number of hydrogen-bond donors (Lipinski definition) is 0. The zero-order chi connectivity index (χ0) is 6.24. The highest BCUT2D eigenvalue weighted by Gasteiger charge is 1.78. The van der Waals surface area contributed by atoms with Gasteiger partial charge in [-0.1, -0.05) is 12.2 Å². The van der Waals surface area contributed by atoms with Gasteiger partial charge in [-0.15, -0.1) is 0 Å². The highest BCUT2D eigenvalue weighted by Crippen LogP contribution is 1.98. The van der Waals surface area contributed by atoms with E-state index in [1.165, 1.54) is 18.6 Å². The van der Waals surface area contributed by atoms with Gasteiger partial charge >= 0.3 is 0 Å². The minimum Gasteiger partial charge on any atom is -0.165 e. The van der Waals surface area contributed by atoms with Crippen LogP contribution in [0, 0.1) is 0 Å². The SMILES string of the molecule is C/C=C/CCCSC. The molecular formula is C7H14S. The molecule has 8 heavy (non-hydrogen) atoms. The molecule has 0 atom stereocenters. The van der Waals surface area contributed by atoms with Crippen LogP contribution in [0.25, 0.3) is 0 Å². The Morgan fingerprint density at radius 1 is 1.50 bits per heavy atom.